The number of ether oxygens (including phenoxy) is 3. The summed E-state index contributed by atoms with van der Waals surface area (Å²) in [5.74, 6) is -0.796. The van der Waals surface area contributed by atoms with Crippen LogP contribution in [0.1, 0.15) is 76.2 Å². The third-order valence-electron chi connectivity index (χ3n) is 8.73. The Kier molecular flexibility index (Phi) is 10.9. The zero-order valence-corrected chi connectivity index (χ0v) is 27.7. The van der Waals surface area contributed by atoms with E-state index in [4.69, 9.17) is 24.2 Å². The largest absolute Gasteiger partial charge is 0.485 e. The average molecular weight is 637 g/mol. The lowest BCUT2D eigenvalue weighted by molar-refractivity contribution is -0.148. The molecule has 2 saturated heterocycles. The third-order valence-corrected chi connectivity index (χ3v) is 8.73. The number of hydrogen-bond donors (Lipinski definition) is 0. The van der Waals surface area contributed by atoms with Gasteiger partial charge in [-0.05, 0) is 84.6 Å². The topological polar surface area (TPSA) is 77.0 Å². The van der Waals surface area contributed by atoms with Crippen molar-refractivity contribution >= 4 is 11.8 Å². The molecule has 0 saturated carbocycles. The maximum atomic E-state index is 15.2. The SMILES string of the molecule is CCOC(=O)C1CCN(c2cccc(-c3cc(F)cc(F)c3OCc3ccc(C4CCN(COC(C)(C)C)CC4)nc3C)n2)CC1. The molecule has 4 heterocycles. The molecule has 0 atom stereocenters. The van der Waals surface area contributed by atoms with Gasteiger partial charge in [0, 0.05) is 60.7 Å². The molecule has 1 aromatic carbocycles. The first kappa shape index (κ1) is 33.7. The number of rotatable bonds is 10. The van der Waals surface area contributed by atoms with Crippen molar-refractivity contribution in [1.82, 2.24) is 14.9 Å². The summed E-state index contributed by atoms with van der Waals surface area (Å²) in [4.78, 5) is 26.2. The molecule has 0 spiro atoms. The van der Waals surface area contributed by atoms with E-state index in [9.17, 15) is 9.18 Å². The summed E-state index contributed by atoms with van der Waals surface area (Å²) in [6.45, 7) is 14.2. The van der Waals surface area contributed by atoms with Crippen LogP contribution in [0.2, 0.25) is 0 Å². The van der Waals surface area contributed by atoms with Crippen LogP contribution in [0.15, 0.2) is 42.5 Å². The fourth-order valence-corrected chi connectivity index (χ4v) is 6.03. The number of benzene rings is 1. The molecule has 3 aromatic rings. The Bertz CT molecular complexity index is 1500. The first-order valence-electron chi connectivity index (χ1n) is 16.3. The molecule has 248 valence electrons. The highest BCUT2D eigenvalue weighted by Gasteiger charge is 2.27. The van der Waals surface area contributed by atoms with E-state index in [-0.39, 0.29) is 35.4 Å². The zero-order chi connectivity index (χ0) is 32.8. The number of piperidine rings is 2. The van der Waals surface area contributed by atoms with E-state index < -0.39 is 11.6 Å². The van der Waals surface area contributed by atoms with Gasteiger partial charge in [0.05, 0.1) is 30.6 Å². The summed E-state index contributed by atoms with van der Waals surface area (Å²) in [5, 5.41) is 0. The van der Waals surface area contributed by atoms with Gasteiger partial charge >= 0.3 is 5.97 Å². The quantitative estimate of drug-likeness (QED) is 0.220. The van der Waals surface area contributed by atoms with Crippen LogP contribution in [0.4, 0.5) is 14.6 Å². The van der Waals surface area contributed by atoms with Gasteiger partial charge < -0.3 is 19.1 Å². The van der Waals surface area contributed by atoms with Gasteiger partial charge in [0.15, 0.2) is 11.6 Å². The molecule has 0 aliphatic carbocycles. The van der Waals surface area contributed by atoms with E-state index >= 15 is 4.39 Å². The van der Waals surface area contributed by atoms with Crippen molar-refractivity contribution in [1.29, 1.82) is 0 Å². The molecule has 0 bridgehead atoms. The Hall–Kier alpha value is -3.63. The number of anilines is 1. The second-order valence-electron chi connectivity index (χ2n) is 13.2. The predicted octanol–water partition coefficient (Wildman–Crippen LogP) is 7.04. The lowest BCUT2D eigenvalue weighted by Gasteiger charge is -2.33. The van der Waals surface area contributed by atoms with Gasteiger partial charge in [0.2, 0.25) is 0 Å². The summed E-state index contributed by atoms with van der Waals surface area (Å²) in [6.07, 6.45) is 3.34. The van der Waals surface area contributed by atoms with Crippen LogP contribution in [0.25, 0.3) is 11.3 Å². The summed E-state index contributed by atoms with van der Waals surface area (Å²) in [6, 6.07) is 11.5. The van der Waals surface area contributed by atoms with Crippen molar-refractivity contribution in [2.24, 2.45) is 5.92 Å². The highest BCUT2D eigenvalue weighted by Crippen LogP contribution is 2.35. The van der Waals surface area contributed by atoms with Gasteiger partial charge in [0.1, 0.15) is 18.2 Å². The van der Waals surface area contributed by atoms with Crippen molar-refractivity contribution in [3.05, 3.63) is 71.1 Å². The number of aromatic nitrogens is 2. The molecule has 0 radical (unpaired) electrons. The number of pyridine rings is 2. The number of hydrogen-bond acceptors (Lipinski definition) is 8. The monoisotopic (exact) mass is 636 g/mol. The lowest BCUT2D eigenvalue weighted by atomic mass is 9.92. The number of likely N-dealkylation sites (tertiary alicyclic amines) is 1. The molecule has 2 aliphatic heterocycles. The van der Waals surface area contributed by atoms with E-state index in [1.165, 1.54) is 6.07 Å². The Balaban J connectivity index is 1.25. The maximum Gasteiger partial charge on any atom is 0.309 e. The zero-order valence-electron chi connectivity index (χ0n) is 27.7. The van der Waals surface area contributed by atoms with Crippen molar-refractivity contribution < 1.29 is 27.8 Å². The van der Waals surface area contributed by atoms with Crippen LogP contribution in [0.3, 0.4) is 0 Å². The molecule has 0 amide bonds. The highest BCUT2D eigenvalue weighted by molar-refractivity contribution is 5.73. The summed E-state index contributed by atoms with van der Waals surface area (Å²) >= 11 is 0. The number of esters is 1. The van der Waals surface area contributed by atoms with Gasteiger partial charge in [-0.1, -0.05) is 12.1 Å². The van der Waals surface area contributed by atoms with Crippen molar-refractivity contribution in [3.63, 3.8) is 0 Å². The molecule has 46 heavy (non-hydrogen) atoms. The van der Waals surface area contributed by atoms with E-state index in [1.54, 1.807) is 13.0 Å². The predicted molar refractivity (Wildman–Crippen MR) is 174 cm³/mol. The molecule has 10 heteroatoms. The minimum absolute atomic E-state index is 0.0552. The van der Waals surface area contributed by atoms with Gasteiger partial charge in [0.25, 0.3) is 0 Å². The van der Waals surface area contributed by atoms with Gasteiger partial charge in [-0.15, -0.1) is 0 Å². The van der Waals surface area contributed by atoms with Gasteiger partial charge in [-0.3, -0.25) is 14.7 Å². The fraction of sp³-hybridized carbons (Fsp3) is 0.528. The lowest BCUT2D eigenvalue weighted by Crippen LogP contribution is -2.37. The Morgan fingerprint density at radius 1 is 0.978 bits per heavy atom. The summed E-state index contributed by atoms with van der Waals surface area (Å²) in [5.41, 5.74) is 3.20. The highest BCUT2D eigenvalue weighted by atomic mass is 19.1. The van der Waals surface area contributed by atoms with Crippen LogP contribution in [-0.2, 0) is 20.9 Å². The first-order chi connectivity index (χ1) is 22.0. The van der Waals surface area contributed by atoms with Gasteiger partial charge in [-0.25, -0.2) is 13.8 Å². The molecule has 2 aromatic heterocycles. The van der Waals surface area contributed by atoms with E-state index in [0.29, 0.717) is 56.7 Å². The molecule has 2 fully saturated rings. The third kappa shape index (κ3) is 8.59. The maximum absolute atomic E-state index is 15.2. The van der Waals surface area contributed by atoms with Crippen molar-refractivity contribution in [2.75, 3.05) is 44.4 Å². The fourth-order valence-electron chi connectivity index (χ4n) is 6.03. The molecular formula is C36H46F2N4O4. The minimum atomic E-state index is -0.790. The van der Waals surface area contributed by atoms with Crippen LogP contribution in [-0.4, -0.2) is 66.0 Å². The Morgan fingerprint density at radius 2 is 1.72 bits per heavy atom. The standard InChI is InChI=1S/C36H46F2N4O4/c1-6-44-35(43)26-14-18-42(19-15-26)33-9-7-8-32(40-33)29-20-28(37)21-30(38)34(29)45-22-27-10-11-31(39-24(27)2)25-12-16-41(17-13-25)23-46-36(3,4)5/h7-11,20-21,25-26H,6,12-19,22-23H2,1-5H3. The molecular weight excluding hydrogens is 590 g/mol. The summed E-state index contributed by atoms with van der Waals surface area (Å²) < 4.78 is 46.9. The molecule has 2 aliphatic rings. The molecule has 0 unspecified atom stereocenters. The van der Waals surface area contributed by atoms with Gasteiger partial charge in [-0.2, -0.15) is 0 Å². The number of carbonyl (C=O) groups excluding carboxylic acids is 1. The number of carbonyl (C=O) groups is 1. The minimum Gasteiger partial charge on any atom is -0.485 e. The Morgan fingerprint density at radius 3 is 2.39 bits per heavy atom. The van der Waals surface area contributed by atoms with Crippen LogP contribution >= 0.6 is 0 Å². The molecule has 0 N–H and O–H groups in total. The Labute approximate surface area is 271 Å². The van der Waals surface area contributed by atoms with Crippen LogP contribution < -0.4 is 9.64 Å². The average Bonchev–Trinajstić information content (AvgIpc) is 3.04. The van der Waals surface area contributed by atoms with Crippen LogP contribution in [0.5, 0.6) is 5.75 Å². The van der Waals surface area contributed by atoms with E-state index in [1.807, 2.05) is 31.2 Å². The second-order valence-corrected chi connectivity index (χ2v) is 13.2. The number of nitrogens with zero attached hydrogens (tertiary/aromatic N) is 4. The second kappa shape index (κ2) is 14.9. The summed E-state index contributed by atoms with van der Waals surface area (Å²) in [7, 11) is 0. The van der Waals surface area contributed by atoms with E-state index in [2.05, 4.69) is 30.6 Å². The smallest absolute Gasteiger partial charge is 0.309 e. The van der Waals surface area contributed by atoms with Crippen molar-refractivity contribution in [2.45, 2.75) is 78.4 Å². The van der Waals surface area contributed by atoms with Crippen molar-refractivity contribution in [3.8, 4) is 17.0 Å². The molecule has 5 rings (SSSR count). The van der Waals surface area contributed by atoms with E-state index in [0.717, 1.165) is 48.9 Å². The number of aryl methyl sites for hydroxylation is 1. The van der Waals surface area contributed by atoms with Crippen LogP contribution in [0, 0.1) is 24.5 Å². The normalized spacial score (nSPS) is 16.9. The molecule has 8 nitrogen and oxygen atoms in total. The number of halogens is 2. The first-order valence-corrected chi connectivity index (χ1v) is 16.3.